The quantitative estimate of drug-likeness (QED) is 0.485. The molecule has 2 aromatic carbocycles. The first kappa shape index (κ1) is 21.4. The Hall–Kier alpha value is -3.32. The lowest BCUT2D eigenvalue weighted by molar-refractivity contribution is 0.415. The number of aromatic nitrogens is 1. The van der Waals surface area contributed by atoms with Gasteiger partial charge in [-0.3, -0.25) is 4.98 Å². The van der Waals surface area contributed by atoms with Gasteiger partial charge < -0.3 is 15.4 Å². The van der Waals surface area contributed by atoms with Gasteiger partial charge in [0, 0.05) is 42.3 Å². The molecular formula is C23H22ClN5O. The standard InChI is InChI=1S/C23H22ClN5O/c1-30-22-7-5-17(11-20(22)24)13-29-23-18(14-27-9-3-2-8-25)15-28-21-6-4-16(12-26)10-19(21)23/h4-7,10-11,15,27H,2-3,9,13-14H2,1H3,(H,28,29). The molecule has 0 spiro atoms. The maximum absolute atomic E-state index is 9.31. The SMILES string of the molecule is COc1ccc(CNc2c(CNCCCC#N)cnc3ccc(C#N)cc23)cc1Cl. The van der Waals surface area contributed by atoms with E-state index in [1.807, 2.05) is 36.5 Å². The molecule has 0 amide bonds. The summed E-state index contributed by atoms with van der Waals surface area (Å²) in [5.74, 6) is 0.635. The molecule has 0 aliphatic rings. The molecule has 30 heavy (non-hydrogen) atoms. The largest absolute Gasteiger partial charge is 0.495 e. The van der Waals surface area contributed by atoms with Crippen molar-refractivity contribution < 1.29 is 4.74 Å². The molecule has 0 atom stereocenters. The number of pyridine rings is 1. The Morgan fingerprint density at radius 1 is 1.13 bits per heavy atom. The summed E-state index contributed by atoms with van der Waals surface area (Å²) in [7, 11) is 1.59. The van der Waals surface area contributed by atoms with Gasteiger partial charge in [-0.05, 0) is 48.9 Å². The zero-order chi connectivity index (χ0) is 21.3. The normalized spacial score (nSPS) is 10.4. The second-order valence-corrected chi connectivity index (χ2v) is 7.17. The van der Waals surface area contributed by atoms with E-state index < -0.39 is 0 Å². The van der Waals surface area contributed by atoms with Gasteiger partial charge in [0.05, 0.1) is 35.4 Å². The number of hydrogen-bond acceptors (Lipinski definition) is 6. The Balaban J connectivity index is 1.88. The first-order chi connectivity index (χ1) is 14.7. The average Bonchev–Trinajstić information content (AvgIpc) is 2.77. The van der Waals surface area contributed by atoms with Gasteiger partial charge in [0.1, 0.15) is 5.75 Å². The molecule has 0 radical (unpaired) electrons. The van der Waals surface area contributed by atoms with Crippen LogP contribution in [0, 0.1) is 22.7 Å². The van der Waals surface area contributed by atoms with E-state index in [2.05, 4.69) is 27.8 Å². The lowest BCUT2D eigenvalue weighted by Gasteiger charge is -2.16. The van der Waals surface area contributed by atoms with Gasteiger partial charge in [-0.25, -0.2) is 0 Å². The highest BCUT2D eigenvalue weighted by Gasteiger charge is 2.11. The number of nitrogens with one attached hydrogen (secondary N) is 2. The average molecular weight is 420 g/mol. The maximum atomic E-state index is 9.31. The first-order valence-corrected chi connectivity index (χ1v) is 9.99. The fraction of sp³-hybridized carbons (Fsp3) is 0.261. The Kier molecular flexibility index (Phi) is 7.45. The number of nitrogens with zero attached hydrogens (tertiary/aromatic N) is 3. The molecule has 0 saturated carbocycles. The highest BCUT2D eigenvalue weighted by Crippen LogP contribution is 2.29. The van der Waals surface area contributed by atoms with E-state index in [9.17, 15) is 5.26 Å². The third kappa shape index (κ3) is 5.18. The lowest BCUT2D eigenvalue weighted by Crippen LogP contribution is -2.16. The number of unbranched alkanes of at least 4 members (excludes halogenated alkanes) is 1. The Labute approximate surface area is 181 Å². The van der Waals surface area contributed by atoms with Crippen LogP contribution in [0.25, 0.3) is 10.9 Å². The number of methoxy groups -OCH3 is 1. The number of rotatable bonds is 9. The van der Waals surface area contributed by atoms with Crippen molar-refractivity contribution in [2.75, 3.05) is 19.0 Å². The molecule has 0 saturated heterocycles. The van der Waals surface area contributed by atoms with Crippen LogP contribution < -0.4 is 15.4 Å². The predicted octanol–water partition coefficient (Wildman–Crippen LogP) is 4.77. The number of hydrogen-bond donors (Lipinski definition) is 2. The molecule has 0 aliphatic heterocycles. The highest BCUT2D eigenvalue weighted by atomic mass is 35.5. The van der Waals surface area contributed by atoms with Crippen molar-refractivity contribution in [1.82, 2.24) is 10.3 Å². The van der Waals surface area contributed by atoms with Crippen molar-refractivity contribution >= 4 is 28.2 Å². The zero-order valence-corrected chi connectivity index (χ0v) is 17.5. The van der Waals surface area contributed by atoms with E-state index in [-0.39, 0.29) is 0 Å². The third-order valence-corrected chi connectivity index (χ3v) is 5.01. The monoisotopic (exact) mass is 419 g/mol. The van der Waals surface area contributed by atoms with Crippen molar-refractivity contribution in [2.24, 2.45) is 0 Å². The molecule has 6 nitrogen and oxygen atoms in total. The molecule has 3 aromatic rings. The number of ether oxygens (including phenoxy) is 1. The second kappa shape index (κ2) is 10.5. The molecule has 7 heteroatoms. The van der Waals surface area contributed by atoms with Gasteiger partial charge in [-0.15, -0.1) is 0 Å². The van der Waals surface area contributed by atoms with Crippen LogP contribution in [0.2, 0.25) is 5.02 Å². The Morgan fingerprint density at radius 3 is 2.73 bits per heavy atom. The summed E-state index contributed by atoms with van der Waals surface area (Å²) in [6.45, 7) is 1.91. The molecule has 3 rings (SSSR count). The molecule has 0 fully saturated rings. The van der Waals surface area contributed by atoms with E-state index in [1.165, 1.54) is 0 Å². The summed E-state index contributed by atoms with van der Waals surface area (Å²) in [6.07, 6.45) is 3.16. The second-order valence-electron chi connectivity index (χ2n) is 6.76. The van der Waals surface area contributed by atoms with E-state index in [0.717, 1.165) is 40.7 Å². The summed E-state index contributed by atoms with van der Waals surface area (Å²) < 4.78 is 5.22. The molecule has 152 valence electrons. The summed E-state index contributed by atoms with van der Waals surface area (Å²) in [5, 5.41) is 26.3. The number of nitriles is 2. The van der Waals surface area contributed by atoms with Crippen LogP contribution in [0.1, 0.15) is 29.5 Å². The fourth-order valence-corrected chi connectivity index (χ4v) is 3.45. The summed E-state index contributed by atoms with van der Waals surface area (Å²) in [4.78, 5) is 4.54. The molecule has 0 unspecified atom stereocenters. The Bertz CT molecular complexity index is 1120. The van der Waals surface area contributed by atoms with Crippen LogP contribution in [0.3, 0.4) is 0 Å². The lowest BCUT2D eigenvalue weighted by atomic mass is 10.1. The van der Waals surface area contributed by atoms with Gasteiger partial charge in [-0.1, -0.05) is 17.7 Å². The Morgan fingerprint density at radius 2 is 2.00 bits per heavy atom. The molecular weight excluding hydrogens is 398 g/mol. The third-order valence-electron chi connectivity index (χ3n) is 4.72. The van der Waals surface area contributed by atoms with Crippen LogP contribution in [-0.4, -0.2) is 18.6 Å². The van der Waals surface area contributed by atoms with Gasteiger partial charge in [0.15, 0.2) is 0 Å². The predicted molar refractivity (Wildman–Crippen MR) is 118 cm³/mol. The van der Waals surface area contributed by atoms with Gasteiger partial charge >= 0.3 is 0 Å². The van der Waals surface area contributed by atoms with Crippen LogP contribution in [0.15, 0.2) is 42.6 Å². The highest BCUT2D eigenvalue weighted by molar-refractivity contribution is 6.32. The minimum atomic E-state index is 0.526. The van der Waals surface area contributed by atoms with Crippen LogP contribution in [-0.2, 0) is 13.1 Å². The van der Waals surface area contributed by atoms with E-state index in [0.29, 0.717) is 35.8 Å². The first-order valence-electron chi connectivity index (χ1n) is 9.62. The summed E-state index contributed by atoms with van der Waals surface area (Å²) in [5.41, 5.74) is 4.33. The molecule has 0 bridgehead atoms. The smallest absolute Gasteiger partial charge is 0.137 e. The molecule has 0 aliphatic carbocycles. The van der Waals surface area contributed by atoms with Crippen molar-refractivity contribution in [3.05, 3.63) is 64.3 Å². The summed E-state index contributed by atoms with van der Waals surface area (Å²) in [6, 6.07) is 15.5. The van der Waals surface area contributed by atoms with Gasteiger partial charge in [0.25, 0.3) is 0 Å². The minimum Gasteiger partial charge on any atom is -0.495 e. The molecule has 2 N–H and O–H groups in total. The van der Waals surface area contributed by atoms with Crippen molar-refractivity contribution in [2.45, 2.75) is 25.9 Å². The van der Waals surface area contributed by atoms with E-state index in [4.69, 9.17) is 21.6 Å². The van der Waals surface area contributed by atoms with Gasteiger partial charge in [-0.2, -0.15) is 10.5 Å². The summed E-state index contributed by atoms with van der Waals surface area (Å²) >= 11 is 6.26. The molecule has 1 heterocycles. The zero-order valence-electron chi connectivity index (χ0n) is 16.7. The topological polar surface area (TPSA) is 93.8 Å². The van der Waals surface area contributed by atoms with Crippen LogP contribution in [0.5, 0.6) is 5.75 Å². The van der Waals surface area contributed by atoms with Gasteiger partial charge in [0.2, 0.25) is 0 Å². The van der Waals surface area contributed by atoms with Crippen molar-refractivity contribution in [3.63, 3.8) is 0 Å². The van der Waals surface area contributed by atoms with E-state index in [1.54, 1.807) is 13.2 Å². The van der Waals surface area contributed by atoms with Crippen molar-refractivity contribution in [3.8, 4) is 17.9 Å². The minimum absolute atomic E-state index is 0.526. The fourth-order valence-electron chi connectivity index (χ4n) is 3.17. The molecule has 1 aromatic heterocycles. The van der Waals surface area contributed by atoms with E-state index >= 15 is 0 Å². The number of benzene rings is 2. The maximum Gasteiger partial charge on any atom is 0.137 e. The van der Waals surface area contributed by atoms with Crippen LogP contribution in [0.4, 0.5) is 5.69 Å². The number of halogens is 1. The number of fused-ring (bicyclic) bond motifs is 1. The van der Waals surface area contributed by atoms with Crippen molar-refractivity contribution in [1.29, 1.82) is 10.5 Å². The van der Waals surface area contributed by atoms with Crippen LogP contribution >= 0.6 is 11.6 Å². The number of anilines is 1.